The molecule has 74 valence electrons. The lowest BCUT2D eigenvalue weighted by molar-refractivity contribution is -0.170. The molecular formula is C6H2F6O. The summed E-state index contributed by atoms with van der Waals surface area (Å²) in [7, 11) is 0. The SMILES string of the molecule is FC(F)(F)c1ccc(C(F)(F)F)o1. The highest BCUT2D eigenvalue weighted by molar-refractivity contribution is 5.11. The van der Waals surface area contributed by atoms with E-state index in [-0.39, 0.29) is 12.1 Å². The third-order valence-corrected chi connectivity index (χ3v) is 1.16. The monoisotopic (exact) mass is 204 g/mol. The van der Waals surface area contributed by atoms with E-state index in [0.29, 0.717) is 0 Å². The summed E-state index contributed by atoms with van der Waals surface area (Å²) in [6.45, 7) is 0. The third kappa shape index (κ3) is 2.16. The van der Waals surface area contributed by atoms with Crippen LogP contribution in [-0.4, -0.2) is 0 Å². The normalized spacial score (nSPS) is 13.4. The first-order chi connectivity index (χ1) is 5.71. The van der Waals surface area contributed by atoms with E-state index in [1.807, 2.05) is 0 Å². The number of hydrogen-bond acceptors (Lipinski definition) is 1. The first-order valence-electron chi connectivity index (χ1n) is 2.95. The van der Waals surface area contributed by atoms with E-state index in [4.69, 9.17) is 0 Å². The summed E-state index contributed by atoms with van der Waals surface area (Å²) in [5.74, 6) is -3.31. The van der Waals surface area contributed by atoms with E-state index in [9.17, 15) is 26.3 Å². The lowest BCUT2D eigenvalue weighted by atomic mass is 10.4. The molecule has 0 saturated heterocycles. The molecule has 1 nitrogen and oxygen atoms in total. The van der Waals surface area contributed by atoms with Crippen LogP contribution >= 0.6 is 0 Å². The van der Waals surface area contributed by atoms with Crippen LogP contribution in [0.15, 0.2) is 16.5 Å². The fraction of sp³-hybridized carbons (Fsp3) is 0.333. The van der Waals surface area contributed by atoms with Gasteiger partial charge >= 0.3 is 12.4 Å². The molecule has 0 atom stereocenters. The zero-order valence-corrected chi connectivity index (χ0v) is 5.83. The second kappa shape index (κ2) is 2.68. The van der Waals surface area contributed by atoms with Crippen LogP contribution < -0.4 is 0 Å². The Bertz CT molecular complexity index is 264. The van der Waals surface area contributed by atoms with Crippen molar-refractivity contribution >= 4 is 0 Å². The Kier molecular flexibility index (Phi) is 2.05. The zero-order chi connectivity index (χ0) is 10.3. The molecule has 0 aliphatic carbocycles. The lowest BCUT2D eigenvalue weighted by Crippen LogP contribution is -2.05. The van der Waals surface area contributed by atoms with Gasteiger partial charge in [0.25, 0.3) is 0 Å². The van der Waals surface area contributed by atoms with Gasteiger partial charge in [-0.15, -0.1) is 0 Å². The Morgan fingerprint density at radius 3 is 1.23 bits per heavy atom. The summed E-state index contributed by atoms with van der Waals surface area (Å²) >= 11 is 0. The first kappa shape index (κ1) is 9.94. The molecule has 1 aromatic rings. The van der Waals surface area contributed by atoms with E-state index in [1.165, 1.54) is 0 Å². The van der Waals surface area contributed by atoms with Gasteiger partial charge in [0.05, 0.1) is 0 Å². The minimum atomic E-state index is -4.89. The predicted molar refractivity (Wildman–Crippen MR) is 28.7 cm³/mol. The van der Waals surface area contributed by atoms with Crippen molar-refractivity contribution in [2.75, 3.05) is 0 Å². The molecule has 13 heavy (non-hydrogen) atoms. The summed E-state index contributed by atoms with van der Waals surface area (Å²) in [6, 6.07) is 0.478. The van der Waals surface area contributed by atoms with Crippen molar-refractivity contribution in [2.45, 2.75) is 12.4 Å². The van der Waals surface area contributed by atoms with E-state index in [2.05, 4.69) is 4.42 Å². The topological polar surface area (TPSA) is 13.1 Å². The van der Waals surface area contributed by atoms with Crippen molar-refractivity contribution in [3.63, 3.8) is 0 Å². The quantitative estimate of drug-likeness (QED) is 0.591. The standard InChI is InChI=1S/C6H2F6O/c7-5(8,9)3-1-2-4(13-3)6(10,11)12/h1-2H. The summed E-state index contributed by atoms with van der Waals surface area (Å²) in [5, 5.41) is 0. The molecule has 7 heteroatoms. The van der Waals surface area contributed by atoms with E-state index in [1.54, 1.807) is 0 Å². The highest BCUT2D eigenvalue weighted by Crippen LogP contribution is 2.36. The minimum absolute atomic E-state index is 0.239. The third-order valence-electron chi connectivity index (χ3n) is 1.16. The van der Waals surface area contributed by atoms with Crippen LogP contribution in [0.25, 0.3) is 0 Å². The van der Waals surface area contributed by atoms with E-state index >= 15 is 0 Å². The molecule has 0 aliphatic rings. The largest absolute Gasteiger partial charge is 0.449 e. The number of halogens is 6. The van der Waals surface area contributed by atoms with Crippen LogP contribution in [0.2, 0.25) is 0 Å². The van der Waals surface area contributed by atoms with Crippen molar-refractivity contribution in [1.29, 1.82) is 0 Å². The van der Waals surface area contributed by atoms with Crippen molar-refractivity contribution in [3.05, 3.63) is 23.7 Å². The van der Waals surface area contributed by atoms with Crippen LogP contribution in [0.3, 0.4) is 0 Å². The molecule has 0 aliphatic heterocycles. The van der Waals surface area contributed by atoms with Crippen LogP contribution in [0.1, 0.15) is 11.5 Å². The molecule has 1 heterocycles. The Hall–Kier alpha value is -1.14. The maximum absolute atomic E-state index is 11.7. The van der Waals surface area contributed by atoms with Gasteiger partial charge in [-0.1, -0.05) is 0 Å². The van der Waals surface area contributed by atoms with Gasteiger partial charge in [-0.25, -0.2) is 0 Å². The highest BCUT2D eigenvalue weighted by Gasteiger charge is 2.40. The molecule has 0 fully saturated rings. The van der Waals surface area contributed by atoms with Gasteiger partial charge in [0, 0.05) is 0 Å². The molecule has 1 aromatic heterocycles. The van der Waals surface area contributed by atoms with Gasteiger partial charge in [-0.3, -0.25) is 0 Å². The molecule has 0 bridgehead atoms. The van der Waals surface area contributed by atoms with Gasteiger partial charge < -0.3 is 4.42 Å². The van der Waals surface area contributed by atoms with Crippen LogP contribution in [-0.2, 0) is 12.4 Å². The Morgan fingerprint density at radius 1 is 0.769 bits per heavy atom. The Balaban J connectivity index is 3.01. The Labute approximate surface area is 67.9 Å². The average Bonchev–Trinajstić information content (AvgIpc) is 2.28. The van der Waals surface area contributed by atoms with Crippen molar-refractivity contribution in [3.8, 4) is 0 Å². The second-order valence-corrected chi connectivity index (χ2v) is 2.16. The fourth-order valence-electron chi connectivity index (χ4n) is 0.643. The van der Waals surface area contributed by atoms with Gasteiger partial charge in [0.15, 0.2) is 0 Å². The van der Waals surface area contributed by atoms with Gasteiger partial charge in [0.2, 0.25) is 11.5 Å². The maximum atomic E-state index is 11.7. The molecular weight excluding hydrogens is 202 g/mol. The molecule has 0 N–H and O–H groups in total. The maximum Gasteiger partial charge on any atom is 0.449 e. The summed E-state index contributed by atoms with van der Waals surface area (Å²) in [6.07, 6.45) is -9.77. The fourth-order valence-corrected chi connectivity index (χ4v) is 0.643. The van der Waals surface area contributed by atoms with Gasteiger partial charge in [-0.2, -0.15) is 26.3 Å². The van der Waals surface area contributed by atoms with E-state index in [0.717, 1.165) is 0 Å². The highest BCUT2D eigenvalue weighted by atomic mass is 19.4. The first-order valence-corrected chi connectivity index (χ1v) is 2.95. The van der Waals surface area contributed by atoms with Crippen molar-refractivity contribution < 1.29 is 30.8 Å². The molecule has 0 aromatic carbocycles. The molecule has 0 spiro atoms. The van der Waals surface area contributed by atoms with Crippen LogP contribution in [0.5, 0.6) is 0 Å². The number of alkyl halides is 6. The summed E-state index contributed by atoms with van der Waals surface area (Å²) in [5.41, 5.74) is 0. The van der Waals surface area contributed by atoms with Crippen molar-refractivity contribution in [2.24, 2.45) is 0 Å². The second-order valence-electron chi connectivity index (χ2n) is 2.16. The molecule has 0 radical (unpaired) electrons. The zero-order valence-electron chi connectivity index (χ0n) is 5.83. The van der Waals surface area contributed by atoms with E-state index < -0.39 is 23.9 Å². The summed E-state index contributed by atoms with van der Waals surface area (Å²) < 4.78 is 73.9. The molecule has 0 saturated carbocycles. The molecule has 0 amide bonds. The molecule has 1 rings (SSSR count). The number of furan rings is 1. The predicted octanol–water partition coefficient (Wildman–Crippen LogP) is 3.32. The average molecular weight is 204 g/mol. The van der Waals surface area contributed by atoms with Gasteiger partial charge in [-0.05, 0) is 12.1 Å². The minimum Gasteiger partial charge on any atom is -0.447 e. The van der Waals surface area contributed by atoms with Crippen LogP contribution in [0.4, 0.5) is 26.3 Å². The lowest BCUT2D eigenvalue weighted by Gasteiger charge is -2.02. The van der Waals surface area contributed by atoms with Gasteiger partial charge in [0.1, 0.15) is 0 Å². The smallest absolute Gasteiger partial charge is 0.447 e. The van der Waals surface area contributed by atoms with Crippen LogP contribution in [0, 0.1) is 0 Å². The van der Waals surface area contributed by atoms with Crippen molar-refractivity contribution in [1.82, 2.24) is 0 Å². The Morgan fingerprint density at radius 2 is 1.08 bits per heavy atom. The number of hydrogen-bond donors (Lipinski definition) is 0. The summed E-state index contributed by atoms with van der Waals surface area (Å²) in [4.78, 5) is 0. The number of rotatable bonds is 0. The molecule has 0 unspecified atom stereocenters.